The molecule has 3 nitrogen and oxygen atoms in total. The fraction of sp³-hybridized carbons (Fsp3) is 0.0645. The van der Waals surface area contributed by atoms with Crippen molar-refractivity contribution in [1.29, 1.82) is 0 Å². The van der Waals surface area contributed by atoms with E-state index in [1.807, 2.05) is 30.4 Å². The quantitative estimate of drug-likeness (QED) is 0.231. The minimum Gasteiger partial charge on any atom is -0.478 e. The average molecular weight is 446 g/mol. The summed E-state index contributed by atoms with van der Waals surface area (Å²) in [5, 5.41) is 9.32. The second-order valence-corrected chi connectivity index (χ2v) is 8.30. The van der Waals surface area contributed by atoms with Crippen LogP contribution in [0.4, 0.5) is 17.1 Å². The highest BCUT2D eigenvalue weighted by Gasteiger charge is 2.12. The number of hydrogen-bond acceptors (Lipinski definition) is 2. The van der Waals surface area contributed by atoms with Crippen molar-refractivity contribution in [1.82, 2.24) is 0 Å². The lowest BCUT2D eigenvalue weighted by Crippen LogP contribution is -2.09. The van der Waals surface area contributed by atoms with Gasteiger partial charge in [-0.25, -0.2) is 4.79 Å². The molecule has 0 amide bonds. The van der Waals surface area contributed by atoms with Crippen molar-refractivity contribution in [2.24, 2.45) is 0 Å². The van der Waals surface area contributed by atoms with Crippen LogP contribution in [0, 0.1) is 13.8 Å². The zero-order valence-corrected chi connectivity index (χ0v) is 19.4. The largest absolute Gasteiger partial charge is 0.478 e. The van der Waals surface area contributed by atoms with Gasteiger partial charge in [0.25, 0.3) is 0 Å². The Morgan fingerprint density at radius 3 is 1.68 bits per heavy atom. The first-order valence-corrected chi connectivity index (χ1v) is 11.2. The summed E-state index contributed by atoms with van der Waals surface area (Å²) in [6.07, 6.45) is 3.91. The van der Waals surface area contributed by atoms with Crippen LogP contribution in [-0.2, 0) is 4.79 Å². The van der Waals surface area contributed by atoms with Gasteiger partial charge >= 0.3 is 5.97 Å². The third-order valence-electron chi connectivity index (χ3n) is 5.74. The summed E-state index contributed by atoms with van der Waals surface area (Å²) in [7, 11) is 0. The Labute approximate surface area is 200 Å². The fourth-order valence-electron chi connectivity index (χ4n) is 3.79. The van der Waals surface area contributed by atoms with Gasteiger partial charge in [-0.1, -0.05) is 90.5 Å². The minimum absolute atomic E-state index is 0.0856. The molecule has 4 rings (SSSR count). The van der Waals surface area contributed by atoms with Crippen LogP contribution in [0.5, 0.6) is 0 Å². The predicted molar refractivity (Wildman–Crippen MR) is 143 cm³/mol. The van der Waals surface area contributed by atoms with Gasteiger partial charge in [0.15, 0.2) is 0 Å². The van der Waals surface area contributed by atoms with Crippen LogP contribution in [0.1, 0.15) is 27.8 Å². The van der Waals surface area contributed by atoms with Crippen LogP contribution < -0.4 is 4.90 Å². The van der Waals surface area contributed by atoms with E-state index in [1.165, 1.54) is 11.1 Å². The number of carbonyl (C=O) groups is 1. The lowest BCUT2D eigenvalue weighted by molar-refractivity contribution is -0.130. The van der Waals surface area contributed by atoms with Gasteiger partial charge in [-0.3, -0.25) is 0 Å². The number of anilines is 3. The van der Waals surface area contributed by atoms with Crippen LogP contribution in [0.3, 0.4) is 0 Å². The normalized spacial score (nSPS) is 10.9. The van der Waals surface area contributed by atoms with E-state index < -0.39 is 5.97 Å². The molecule has 4 aromatic carbocycles. The molecule has 0 unspecified atom stereocenters. The van der Waals surface area contributed by atoms with Crippen molar-refractivity contribution in [2.45, 2.75) is 13.8 Å². The number of rotatable bonds is 7. The van der Waals surface area contributed by atoms with Crippen molar-refractivity contribution in [3.8, 4) is 0 Å². The van der Waals surface area contributed by atoms with Gasteiger partial charge in [0, 0.05) is 17.1 Å². The van der Waals surface area contributed by atoms with E-state index in [2.05, 4.69) is 98.1 Å². The molecule has 1 N–H and O–H groups in total. The third kappa shape index (κ3) is 5.16. The molecule has 0 atom stereocenters. The molecule has 0 radical (unpaired) electrons. The van der Waals surface area contributed by atoms with Crippen molar-refractivity contribution in [2.75, 3.05) is 4.90 Å². The Morgan fingerprint density at radius 1 is 0.706 bits per heavy atom. The lowest BCUT2D eigenvalue weighted by Gasteiger charge is -2.25. The van der Waals surface area contributed by atoms with Gasteiger partial charge in [-0.05, 0) is 66.9 Å². The molecule has 4 aromatic rings. The summed E-state index contributed by atoms with van der Waals surface area (Å²) in [5.41, 5.74) is 8.24. The molecule has 0 fully saturated rings. The van der Waals surface area contributed by atoms with Crippen LogP contribution >= 0.6 is 0 Å². The van der Waals surface area contributed by atoms with E-state index in [9.17, 15) is 9.90 Å². The molecular formula is C31H27NO2. The first-order valence-electron chi connectivity index (χ1n) is 11.2. The van der Waals surface area contributed by atoms with E-state index in [0.717, 1.165) is 28.2 Å². The Kier molecular flexibility index (Phi) is 6.74. The van der Waals surface area contributed by atoms with E-state index in [-0.39, 0.29) is 5.57 Å². The Morgan fingerprint density at radius 2 is 1.18 bits per heavy atom. The fourth-order valence-corrected chi connectivity index (χ4v) is 3.79. The van der Waals surface area contributed by atoms with E-state index in [1.54, 1.807) is 6.07 Å². The maximum atomic E-state index is 11.4. The average Bonchev–Trinajstić information content (AvgIpc) is 2.85. The molecule has 0 bridgehead atoms. The van der Waals surface area contributed by atoms with Gasteiger partial charge in [0.2, 0.25) is 0 Å². The smallest absolute Gasteiger partial charge is 0.335 e. The minimum atomic E-state index is -1.02. The number of benzene rings is 4. The monoisotopic (exact) mass is 445 g/mol. The topological polar surface area (TPSA) is 40.5 Å². The standard InChI is InChI=1S/C31H27NO2/c1-22-8-16-27(17-9-22)32(28-18-10-23(2)11-19-28)29-20-13-25(14-21-29)12-15-26-6-4-5-7-30(26)24(3)31(33)34/h4-21H,3H2,1-2H3,(H,33,34)/b15-12+. The van der Waals surface area contributed by atoms with E-state index in [4.69, 9.17) is 0 Å². The lowest BCUT2D eigenvalue weighted by atomic mass is 10.00. The highest BCUT2D eigenvalue weighted by molar-refractivity contribution is 6.15. The molecule has 0 aromatic heterocycles. The van der Waals surface area contributed by atoms with Gasteiger partial charge in [0.1, 0.15) is 0 Å². The summed E-state index contributed by atoms with van der Waals surface area (Å²) >= 11 is 0. The number of carboxylic acid groups (broad SMARTS) is 1. The van der Waals surface area contributed by atoms with Crippen molar-refractivity contribution in [3.63, 3.8) is 0 Å². The zero-order chi connectivity index (χ0) is 24.1. The molecular weight excluding hydrogens is 418 g/mol. The molecule has 168 valence electrons. The molecule has 0 aliphatic carbocycles. The maximum Gasteiger partial charge on any atom is 0.335 e. The molecule has 0 aliphatic rings. The van der Waals surface area contributed by atoms with Crippen LogP contribution in [0.2, 0.25) is 0 Å². The number of carboxylic acids is 1. The maximum absolute atomic E-state index is 11.4. The third-order valence-corrected chi connectivity index (χ3v) is 5.74. The van der Waals surface area contributed by atoms with Crippen molar-refractivity contribution in [3.05, 3.63) is 131 Å². The summed E-state index contributed by atoms with van der Waals surface area (Å²) in [6, 6.07) is 32.7. The first kappa shape index (κ1) is 22.8. The molecule has 0 aliphatic heterocycles. The highest BCUT2D eigenvalue weighted by Crippen LogP contribution is 2.35. The molecule has 34 heavy (non-hydrogen) atoms. The Bertz CT molecular complexity index is 1290. The molecule has 3 heteroatoms. The van der Waals surface area contributed by atoms with Crippen molar-refractivity contribution >= 4 is 40.8 Å². The molecule has 0 spiro atoms. The van der Waals surface area contributed by atoms with Crippen LogP contribution in [-0.4, -0.2) is 11.1 Å². The van der Waals surface area contributed by atoms with Gasteiger partial charge in [-0.15, -0.1) is 0 Å². The highest BCUT2D eigenvalue weighted by atomic mass is 16.4. The van der Waals surface area contributed by atoms with Crippen LogP contribution in [0.25, 0.3) is 17.7 Å². The molecule has 0 heterocycles. The SMILES string of the molecule is C=C(C(=O)O)c1ccccc1/C=C/c1ccc(N(c2ccc(C)cc2)c2ccc(C)cc2)cc1. The number of aryl methyl sites for hydroxylation is 2. The zero-order valence-electron chi connectivity index (χ0n) is 19.4. The summed E-state index contributed by atoms with van der Waals surface area (Å²) in [4.78, 5) is 13.6. The molecule has 0 saturated heterocycles. The number of nitrogens with zero attached hydrogens (tertiary/aromatic N) is 1. The van der Waals surface area contributed by atoms with E-state index in [0.29, 0.717) is 5.56 Å². The number of hydrogen-bond donors (Lipinski definition) is 1. The van der Waals surface area contributed by atoms with Gasteiger partial charge < -0.3 is 10.0 Å². The second-order valence-electron chi connectivity index (χ2n) is 8.30. The predicted octanol–water partition coefficient (Wildman–Crippen LogP) is 8.04. The van der Waals surface area contributed by atoms with Gasteiger partial charge in [0.05, 0.1) is 5.57 Å². The van der Waals surface area contributed by atoms with E-state index >= 15 is 0 Å². The first-order chi connectivity index (χ1) is 16.4. The summed E-state index contributed by atoms with van der Waals surface area (Å²) in [5.74, 6) is -1.02. The molecule has 0 saturated carbocycles. The summed E-state index contributed by atoms with van der Waals surface area (Å²) in [6.45, 7) is 7.88. The van der Waals surface area contributed by atoms with Crippen LogP contribution in [0.15, 0.2) is 104 Å². The second kappa shape index (κ2) is 10.1. The number of aliphatic carboxylic acids is 1. The Hall–Kier alpha value is -4.37. The Balaban J connectivity index is 1.65. The summed E-state index contributed by atoms with van der Waals surface area (Å²) < 4.78 is 0. The van der Waals surface area contributed by atoms with Crippen molar-refractivity contribution < 1.29 is 9.90 Å². The van der Waals surface area contributed by atoms with Gasteiger partial charge in [-0.2, -0.15) is 0 Å².